The van der Waals surface area contributed by atoms with Crippen LogP contribution in [0.3, 0.4) is 0 Å². The number of amides is 1. The maximum atomic E-state index is 12.1. The number of piperazine rings is 1. The quantitative estimate of drug-likeness (QED) is 0.830. The molecule has 0 spiro atoms. The predicted molar refractivity (Wildman–Crippen MR) is 68.9 cm³/mol. The first-order valence-electron chi connectivity index (χ1n) is 6.55. The van der Waals surface area contributed by atoms with Crippen LogP contribution >= 0.6 is 0 Å². The fourth-order valence-corrected chi connectivity index (χ4v) is 2.27. The highest BCUT2D eigenvalue weighted by Gasteiger charge is 2.23. The Balaban J connectivity index is 1.53. The van der Waals surface area contributed by atoms with Gasteiger partial charge in [0.15, 0.2) is 0 Å². The van der Waals surface area contributed by atoms with Crippen molar-refractivity contribution >= 4 is 5.91 Å². The second kappa shape index (κ2) is 5.46. The average molecular weight is 276 g/mol. The van der Waals surface area contributed by atoms with Gasteiger partial charge in [0.2, 0.25) is 11.8 Å². The highest BCUT2D eigenvalue weighted by atomic mass is 16.4. The van der Waals surface area contributed by atoms with Crippen LogP contribution in [0.25, 0.3) is 0 Å². The predicted octanol–water partition coefficient (Wildman–Crippen LogP) is 0.929. The minimum absolute atomic E-state index is 0.0204. The smallest absolute Gasteiger partial charge is 0.257 e. The molecule has 0 saturated carbocycles. The van der Waals surface area contributed by atoms with Gasteiger partial charge in [0.05, 0.1) is 18.4 Å². The van der Waals surface area contributed by atoms with Crippen molar-refractivity contribution in [2.24, 2.45) is 0 Å². The molecule has 0 unspecified atom stereocenters. The number of nitrogens with zero attached hydrogens (tertiary/aromatic N) is 4. The SMILES string of the molecule is Cc1nnc(CN2CCN(C(=O)c3ccoc3)CC2)o1. The monoisotopic (exact) mass is 276 g/mol. The first-order chi connectivity index (χ1) is 9.72. The summed E-state index contributed by atoms with van der Waals surface area (Å²) in [4.78, 5) is 16.2. The average Bonchev–Trinajstić information content (AvgIpc) is 3.11. The standard InChI is InChI=1S/C13H16N4O3/c1-10-14-15-12(20-10)8-16-3-5-17(6-4-16)13(18)11-2-7-19-9-11/h2,7,9H,3-6,8H2,1H3. The second-order valence-electron chi connectivity index (χ2n) is 4.80. The number of hydrogen-bond acceptors (Lipinski definition) is 6. The zero-order valence-corrected chi connectivity index (χ0v) is 11.3. The lowest BCUT2D eigenvalue weighted by atomic mass is 10.2. The summed E-state index contributed by atoms with van der Waals surface area (Å²) in [5, 5.41) is 7.79. The van der Waals surface area contributed by atoms with Crippen molar-refractivity contribution in [3.63, 3.8) is 0 Å². The molecular weight excluding hydrogens is 260 g/mol. The van der Waals surface area contributed by atoms with Crippen LogP contribution in [0.15, 0.2) is 27.4 Å². The number of carbonyl (C=O) groups is 1. The van der Waals surface area contributed by atoms with Crippen LogP contribution < -0.4 is 0 Å². The molecule has 1 amide bonds. The lowest BCUT2D eigenvalue weighted by Crippen LogP contribution is -2.48. The molecule has 0 bridgehead atoms. The van der Waals surface area contributed by atoms with Gasteiger partial charge in [0.1, 0.15) is 6.26 Å². The Labute approximate surface area is 116 Å². The van der Waals surface area contributed by atoms with Gasteiger partial charge in [-0.05, 0) is 6.07 Å². The molecule has 0 aromatic carbocycles. The number of carbonyl (C=O) groups excluding carboxylic acids is 1. The fraction of sp³-hybridized carbons (Fsp3) is 0.462. The van der Waals surface area contributed by atoms with Crippen LogP contribution in [0.4, 0.5) is 0 Å². The van der Waals surface area contributed by atoms with Crippen LogP contribution in [0.2, 0.25) is 0 Å². The van der Waals surface area contributed by atoms with E-state index in [0.29, 0.717) is 37.0 Å². The van der Waals surface area contributed by atoms with E-state index >= 15 is 0 Å². The maximum absolute atomic E-state index is 12.1. The lowest BCUT2D eigenvalue weighted by molar-refractivity contribution is 0.0617. The molecule has 7 nitrogen and oxygen atoms in total. The first-order valence-corrected chi connectivity index (χ1v) is 6.55. The lowest BCUT2D eigenvalue weighted by Gasteiger charge is -2.33. The molecular formula is C13H16N4O3. The molecule has 3 heterocycles. The number of rotatable bonds is 3. The maximum Gasteiger partial charge on any atom is 0.257 e. The van der Waals surface area contributed by atoms with Gasteiger partial charge in [-0.2, -0.15) is 0 Å². The molecule has 2 aromatic heterocycles. The molecule has 0 radical (unpaired) electrons. The molecule has 7 heteroatoms. The number of furan rings is 1. The van der Waals surface area contributed by atoms with Crippen molar-refractivity contribution in [1.29, 1.82) is 0 Å². The zero-order chi connectivity index (χ0) is 13.9. The Morgan fingerprint density at radius 3 is 2.70 bits per heavy atom. The van der Waals surface area contributed by atoms with Crippen molar-refractivity contribution in [1.82, 2.24) is 20.0 Å². The summed E-state index contributed by atoms with van der Waals surface area (Å²) in [6.07, 6.45) is 3.00. The van der Waals surface area contributed by atoms with Crippen LogP contribution in [0.1, 0.15) is 22.1 Å². The van der Waals surface area contributed by atoms with Crippen molar-refractivity contribution in [3.05, 3.63) is 35.9 Å². The van der Waals surface area contributed by atoms with Gasteiger partial charge in [0.25, 0.3) is 5.91 Å². The van der Waals surface area contributed by atoms with Crippen molar-refractivity contribution in [3.8, 4) is 0 Å². The summed E-state index contributed by atoms with van der Waals surface area (Å²) in [5.41, 5.74) is 0.603. The summed E-state index contributed by atoms with van der Waals surface area (Å²) in [6, 6.07) is 1.69. The topological polar surface area (TPSA) is 75.6 Å². The molecule has 106 valence electrons. The molecule has 20 heavy (non-hydrogen) atoms. The minimum Gasteiger partial charge on any atom is -0.472 e. The van der Waals surface area contributed by atoms with E-state index in [2.05, 4.69) is 15.1 Å². The van der Waals surface area contributed by atoms with Crippen molar-refractivity contribution < 1.29 is 13.6 Å². The molecule has 0 aliphatic carbocycles. The minimum atomic E-state index is 0.0204. The van der Waals surface area contributed by atoms with Crippen LogP contribution in [-0.4, -0.2) is 52.1 Å². The summed E-state index contributed by atoms with van der Waals surface area (Å²) in [6.45, 7) is 5.39. The third-order valence-corrected chi connectivity index (χ3v) is 3.35. The van der Waals surface area contributed by atoms with E-state index in [-0.39, 0.29) is 5.91 Å². The van der Waals surface area contributed by atoms with Crippen LogP contribution in [0, 0.1) is 6.92 Å². The molecule has 1 aliphatic heterocycles. The summed E-state index contributed by atoms with van der Waals surface area (Å²) in [5.74, 6) is 1.22. The van der Waals surface area contributed by atoms with E-state index in [1.165, 1.54) is 12.5 Å². The van der Waals surface area contributed by atoms with Crippen molar-refractivity contribution in [2.45, 2.75) is 13.5 Å². The zero-order valence-electron chi connectivity index (χ0n) is 11.3. The van der Waals surface area contributed by atoms with Gasteiger partial charge in [-0.1, -0.05) is 0 Å². The Hall–Kier alpha value is -2.15. The Morgan fingerprint density at radius 2 is 2.10 bits per heavy atom. The summed E-state index contributed by atoms with van der Waals surface area (Å²) in [7, 11) is 0. The third-order valence-electron chi connectivity index (χ3n) is 3.35. The van der Waals surface area contributed by atoms with Gasteiger partial charge in [0, 0.05) is 33.1 Å². The highest BCUT2D eigenvalue weighted by molar-refractivity contribution is 5.93. The number of aromatic nitrogens is 2. The Kier molecular flexibility index (Phi) is 3.51. The van der Waals surface area contributed by atoms with Gasteiger partial charge in [-0.25, -0.2) is 0 Å². The summed E-state index contributed by atoms with van der Waals surface area (Å²) < 4.78 is 10.3. The molecule has 2 aromatic rings. The molecule has 0 N–H and O–H groups in total. The normalized spacial score (nSPS) is 16.6. The Morgan fingerprint density at radius 1 is 1.30 bits per heavy atom. The molecule has 0 atom stereocenters. The first kappa shape index (κ1) is 12.9. The van der Waals surface area contributed by atoms with Gasteiger partial charge in [-0.3, -0.25) is 9.69 Å². The Bertz CT molecular complexity index is 570. The molecule has 1 saturated heterocycles. The fourth-order valence-electron chi connectivity index (χ4n) is 2.27. The van der Waals surface area contributed by atoms with E-state index < -0.39 is 0 Å². The number of hydrogen-bond donors (Lipinski definition) is 0. The van der Waals surface area contributed by atoms with E-state index in [9.17, 15) is 4.79 Å². The van der Waals surface area contributed by atoms with Crippen LogP contribution in [-0.2, 0) is 6.54 Å². The van der Waals surface area contributed by atoms with E-state index in [1.807, 2.05) is 4.90 Å². The van der Waals surface area contributed by atoms with Crippen LogP contribution in [0.5, 0.6) is 0 Å². The molecule has 1 fully saturated rings. The molecule has 3 rings (SSSR count). The van der Waals surface area contributed by atoms with Gasteiger partial charge in [-0.15, -0.1) is 10.2 Å². The van der Waals surface area contributed by atoms with Crippen molar-refractivity contribution in [2.75, 3.05) is 26.2 Å². The summed E-state index contributed by atoms with van der Waals surface area (Å²) >= 11 is 0. The molecule has 1 aliphatic rings. The van der Waals surface area contributed by atoms with E-state index in [0.717, 1.165) is 13.1 Å². The van der Waals surface area contributed by atoms with Gasteiger partial charge >= 0.3 is 0 Å². The van der Waals surface area contributed by atoms with E-state index in [4.69, 9.17) is 8.83 Å². The number of aryl methyl sites for hydroxylation is 1. The second-order valence-corrected chi connectivity index (χ2v) is 4.80. The highest BCUT2D eigenvalue weighted by Crippen LogP contribution is 2.11. The van der Waals surface area contributed by atoms with E-state index in [1.54, 1.807) is 13.0 Å². The largest absolute Gasteiger partial charge is 0.472 e. The third kappa shape index (κ3) is 2.72. The van der Waals surface area contributed by atoms with Gasteiger partial charge < -0.3 is 13.7 Å².